The Morgan fingerprint density at radius 3 is 1.15 bits per heavy atom. The SMILES string of the molecule is C[C@@H]1C[C@H](n2c(=O)c3cc4c(=O)n([C@H]5C[C@@H](C)CC(C)(C)C5)c(=O)c4cc3c2=O)CC(C)(C)C1. The van der Waals surface area contributed by atoms with Gasteiger partial charge < -0.3 is 0 Å². The average molecular weight is 465 g/mol. The van der Waals surface area contributed by atoms with Crippen molar-refractivity contribution in [3.63, 3.8) is 0 Å². The summed E-state index contributed by atoms with van der Waals surface area (Å²) in [5.41, 5.74) is -1.21. The summed E-state index contributed by atoms with van der Waals surface area (Å²) < 4.78 is 2.80. The average Bonchev–Trinajstić information content (AvgIpc) is 3.08. The lowest BCUT2D eigenvalue weighted by Gasteiger charge is -2.39. The molecule has 0 amide bonds. The number of aromatic nitrogens is 2. The minimum atomic E-state index is -0.330. The molecule has 0 spiro atoms. The molecular weight excluding hydrogens is 428 g/mol. The highest BCUT2D eigenvalue weighted by Gasteiger charge is 2.37. The fourth-order valence-electron chi connectivity index (χ4n) is 7.66. The Morgan fingerprint density at radius 2 is 0.882 bits per heavy atom. The van der Waals surface area contributed by atoms with E-state index in [1.54, 1.807) is 0 Å². The van der Waals surface area contributed by atoms with Crippen molar-refractivity contribution < 1.29 is 0 Å². The van der Waals surface area contributed by atoms with Crippen LogP contribution in [0.1, 0.15) is 92.2 Å². The zero-order valence-electron chi connectivity index (χ0n) is 21.2. The molecule has 2 fully saturated rings. The van der Waals surface area contributed by atoms with Gasteiger partial charge in [-0.1, -0.05) is 41.5 Å². The number of benzene rings is 1. The Balaban J connectivity index is 1.67. The molecule has 182 valence electrons. The minimum absolute atomic E-state index is 0.0524. The molecule has 0 unspecified atom stereocenters. The predicted molar refractivity (Wildman–Crippen MR) is 137 cm³/mol. The normalized spacial score (nSPS) is 29.1. The van der Waals surface area contributed by atoms with E-state index in [1.807, 2.05) is 0 Å². The second kappa shape index (κ2) is 7.50. The van der Waals surface area contributed by atoms with Crippen LogP contribution >= 0.6 is 0 Å². The fraction of sp³-hybridized carbons (Fsp3) is 0.643. The van der Waals surface area contributed by atoms with Gasteiger partial charge in [-0.2, -0.15) is 0 Å². The summed E-state index contributed by atoms with van der Waals surface area (Å²) in [6, 6.07) is 2.71. The first-order valence-corrected chi connectivity index (χ1v) is 12.7. The van der Waals surface area contributed by atoms with Crippen LogP contribution in [0.2, 0.25) is 0 Å². The van der Waals surface area contributed by atoms with Crippen LogP contribution in [0.25, 0.3) is 21.5 Å². The Bertz CT molecular complexity index is 1310. The summed E-state index contributed by atoms with van der Waals surface area (Å²) in [5, 5.41) is 1.06. The Morgan fingerprint density at radius 1 is 0.588 bits per heavy atom. The maximum atomic E-state index is 13.4. The molecule has 0 saturated heterocycles. The van der Waals surface area contributed by atoms with E-state index in [9.17, 15) is 19.2 Å². The van der Waals surface area contributed by atoms with Gasteiger partial charge in [0.25, 0.3) is 22.2 Å². The van der Waals surface area contributed by atoms with Crippen LogP contribution in [-0.2, 0) is 0 Å². The van der Waals surface area contributed by atoms with Crippen molar-refractivity contribution in [3.05, 3.63) is 53.5 Å². The highest BCUT2D eigenvalue weighted by atomic mass is 16.2. The Kier molecular flexibility index (Phi) is 5.13. The van der Waals surface area contributed by atoms with E-state index in [0.717, 1.165) is 38.5 Å². The van der Waals surface area contributed by atoms with E-state index >= 15 is 0 Å². The molecule has 2 saturated carbocycles. The van der Waals surface area contributed by atoms with Crippen LogP contribution in [0.3, 0.4) is 0 Å². The number of hydrogen-bond donors (Lipinski definition) is 0. The molecule has 2 aliphatic carbocycles. The molecule has 0 radical (unpaired) electrons. The van der Waals surface area contributed by atoms with Crippen LogP contribution in [0.4, 0.5) is 0 Å². The van der Waals surface area contributed by atoms with Crippen LogP contribution in [0.5, 0.6) is 0 Å². The molecular formula is C28H36N2O4. The second-order valence-electron chi connectivity index (χ2n) is 13.0. The van der Waals surface area contributed by atoms with Gasteiger partial charge in [0, 0.05) is 12.1 Å². The summed E-state index contributed by atoms with van der Waals surface area (Å²) in [5.74, 6) is 0.837. The summed E-state index contributed by atoms with van der Waals surface area (Å²) in [4.78, 5) is 53.7. The van der Waals surface area contributed by atoms with Crippen molar-refractivity contribution in [2.45, 2.75) is 92.2 Å². The Labute approximate surface area is 199 Å². The van der Waals surface area contributed by atoms with E-state index in [4.69, 9.17) is 0 Å². The molecule has 0 N–H and O–H groups in total. The summed E-state index contributed by atoms with van der Waals surface area (Å²) in [7, 11) is 0. The first kappa shape index (κ1) is 23.3. The van der Waals surface area contributed by atoms with Crippen molar-refractivity contribution in [1.82, 2.24) is 9.13 Å². The molecule has 0 aliphatic heterocycles. The molecule has 2 aliphatic rings. The third kappa shape index (κ3) is 3.61. The van der Waals surface area contributed by atoms with Crippen LogP contribution in [0, 0.1) is 22.7 Å². The zero-order valence-corrected chi connectivity index (χ0v) is 21.2. The quantitative estimate of drug-likeness (QED) is 0.551. The smallest absolute Gasteiger partial charge is 0.261 e. The van der Waals surface area contributed by atoms with Crippen LogP contribution in [0.15, 0.2) is 31.3 Å². The van der Waals surface area contributed by atoms with Crippen molar-refractivity contribution in [2.24, 2.45) is 22.7 Å². The van der Waals surface area contributed by atoms with Gasteiger partial charge in [-0.05, 0) is 73.3 Å². The van der Waals surface area contributed by atoms with Gasteiger partial charge in [-0.25, -0.2) is 0 Å². The second-order valence-corrected chi connectivity index (χ2v) is 13.0. The van der Waals surface area contributed by atoms with E-state index in [1.165, 1.54) is 21.3 Å². The first-order valence-electron chi connectivity index (χ1n) is 12.7. The van der Waals surface area contributed by atoms with Gasteiger partial charge in [0.2, 0.25) is 0 Å². The molecule has 6 nitrogen and oxygen atoms in total. The van der Waals surface area contributed by atoms with Crippen molar-refractivity contribution in [1.29, 1.82) is 0 Å². The van der Waals surface area contributed by atoms with Crippen LogP contribution in [-0.4, -0.2) is 9.13 Å². The van der Waals surface area contributed by atoms with Crippen molar-refractivity contribution in [2.75, 3.05) is 0 Å². The number of hydrogen-bond acceptors (Lipinski definition) is 4. The Hall–Kier alpha value is -2.50. The van der Waals surface area contributed by atoms with Gasteiger partial charge in [-0.3, -0.25) is 28.3 Å². The molecule has 34 heavy (non-hydrogen) atoms. The minimum Gasteiger partial charge on any atom is -0.271 e. The van der Waals surface area contributed by atoms with Gasteiger partial charge in [0.15, 0.2) is 0 Å². The van der Waals surface area contributed by atoms with E-state index in [0.29, 0.717) is 11.8 Å². The lowest BCUT2D eigenvalue weighted by Crippen LogP contribution is -2.37. The monoisotopic (exact) mass is 464 g/mol. The first-order chi connectivity index (χ1) is 15.8. The number of nitrogens with zero attached hydrogens (tertiary/aromatic N) is 2. The van der Waals surface area contributed by atoms with Gasteiger partial charge in [0.05, 0.1) is 21.5 Å². The molecule has 3 aromatic rings. The maximum absolute atomic E-state index is 13.4. The fourth-order valence-corrected chi connectivity index (χ4v) is 7.66. The maximum Gasteiger partial charge on any atom is 0.261 e. The lowest BCUT2D eigenvalue weighted by atomic mass is 9.70. The zero-order chi connectivity index (χ0) is 24.7. The molecule has 4 atom stereocenters. The summed E-state index contributed by atoms with van der Waals surface area (Å²) >= 11 is 0. The molecule has 5 rings (SSSR count). The molecule has 1 aromatic carbocycles. The highest BCUT2D eigenvalue weighted by molar-refractivity contribution is 5.97. The van der Waals surface area contributed by atoms with Crippen molar-refractivity contribution >= 4 is 21.5 Å². The lowest BCUT2D eigenvalue weighted by molar-refractivity contribution is 0.134. The van der Waals surface area contributed by atoms with Crippen molar-refractivity contribution in [3.8, 4) is 0 Å². The van der Waals surface area contributed by atoms with Crippen LogP contribution < -0.4 is 22.2 Å². The number of rotatable bonds is 2. The topological polar surface area (TPSA) is 78.1 Å². The standard InChI is InChI=1S/C28H36N2O4/c1-15-7-17(13-27(3,4)11-15)29-23(31)19-9-21-22(10-20(19)24(29)32)26(34)30(25(21)33)18-8-16(2)12-28(5,6)14-18/h9-10,15-18H,7-8,11-14H2,1-6H3/t15-,16-,17+,18+/m1/s1. The van der Waals surface area contributed by atoms with E-state index in [-0.39, 0.29) is 66.7 Å². The van der Waals surface area contributed by atoms with E-state index < -0.39 is 0 Å². The third-order valence-corrected chi connectivity index (χ3v) is 8.41. The molecule has 2 heterocycles. The predicted octanol–water partition coefficient (Wildman–Crippen LogP) is 4.69. The van der Waals surface area contributed by atoms with Gasteiger partial charge in [0.1, 0.15) is 0 Å². The third-order valence-electron chi connectivity index (χ3n) is 8.41. The molecule has 0 bridgehead atoms. The van der Waals surface area contributed by atoms with Gasteiger partial charge >= 0.3 is 0 Å². The highest BCUT2D eigenvalue weighted by Crippen LogP contribution is 2.44. The molecule has 6 heteroatoms. The van der Waals surface area contributed by atoms with Gasteiger partial charge in [-0.15, -0.1) is 0 Å². The number of fused-ring (bicyclic) bond motifs is 2. The largest absolute Gasteiger partial charge is 0.271 e. The summed E-state index contributed by atoms with van der Waals surface area (Å²) in [6.07, 6.45) is 5.24. The summed E-state index contributed by atoms with van der Waals surface area (Å²) in [6.45, 7) is 13.1. The molecule has 2 aromatic heterocycles. The van der Waals surface area contributed by atoms with E-state index in [2.05, 4.69) is 41.5 Å².